The van der Waals surface area contributed by atoms with Gasteiger partial charge >= 0.3 is 0 Å². The zero-order chi connectivity index (χ0) is 22.8. The summed E-state index contributed by atoms with van der Waals surface area (Å²) in [4.78, 5) is 18.5. The Morgan fingerprint density at radius 3 is 2.03 bits per heavy atom. The first-order valence-corrected chi connectivity index (χ1v) is 11.7. The fourth-order valence-corrected chi connectivity index (χ4v) is 4.55. The van der Waals surface area contributed by atoms with E-state index in [-0.39, 0.29) is 0 Å². The van der Waals surface area contributed by atoms with E-state index in [4.69, 9.17) is 44.8 Å². The second kappa shape index (κ2) is 9.56. The summed E-state index contributed by atoms with van der Waals surface area (Å²) in [6.45, 7) is 3.29. The molecule has 166 valence electrons. The van der Waals surface area contributed by atoms with E-state index in [1.54, 1.807) is 18.5 Å². The van der Waals surface area contributed by atoms with Crippen LogP contribution in [-0.4, -0.2) is 41.1 Å². The van der Waals surface area contributed by atoms with E-state index < -0.39 is 0 Å². The summed E-state index contributed by atoms with van der Waals surface area (Å²) in [5, 5.41) is 1.98. The average Bonchev–Trinajstić information content (AvgIpc) is 2.84. The van der Waals surface area contributed by atoms with Gasteiger partial charge < -0.3 is 9.80 Å². The van der Waals surface area contributed by atoms with Gasteiger partial charge in [0.2, 0.25) is 0 Å². The molecule has 1 fully saturated rings. The lowest BCUT2D eigenvalue weighted by molar-refractivity contribution is 0.647. The molecule has 2 aromatic heterocycles. The summed E-state index contributed by atoms with van der Waals surface area (Å²) in [7, 11) is 0. The van der Waals surface area contributed by atoms with E-state index in [0.717, 1.165) is 54.5 Å². The van der Waals surface area contributed by atoms with Crippen molar-refractivity contribution in [2.45, 2.75) is 0 Å². The Morgan fingerprint density at radius 1 is 0.667 bits per heavy atom. The topological polar surface area (TPSA) is 45.2 Å². The molecule has 8 heteroatoms. The number of halogens is 3. The van der Waals surface area contributed by atoms with Crippen molar-refractivity contribution in [3.8, 4) is 22.6 Å². The predicted octanol–water partition coefficient (Wildman–Crippen LogP) is 6.49. The Bertz CT molecular complexity index is 1240. The number of benzene rings is 2. The first-order chi connectivity index (χ1) is 16.0. The summed E-state index contributed by atoms with van der Waals surface area (Å²) in [5.74, 6) is 1.53. The molecule has 0 atom stereocenters. The van der Waals surface area contributed by atoms with E-state index in [0.29, 0.717) is 20.9 Å². The van der Waals surface area contributed by atoms with Crippen molar-refractivity contribution in [1.82, 2.24) is 15.0 Å². The Morgan fingerprint density at radius 2 is 1.36 bits per heavy atom. The van der Waals surface area contributed by atoms with Crippen molar-refractivity contribution in [3.05, 3.63) is 88.1 Å². The molecule has 0 radical (unpaired) electrons. The monoisotopic (exact) mass is 495 g/mol. The lowest BCUT2D eigenvalue weighted by atomic mass is 10.1. The normalized spacial score (nSPS) is 13.9. The van der Waals surface area contributed by atoms with Crippen LogP contribution < -0.4 is 9.80 Å². The van der Waals surface area contributed by atoms with Gasteiger partial charge in [-0.3, -0.25) is 4.98 Å². The van der Waals surface area contributed by atoms with Crippen LogP contribution in [0.3, 0.4) is 0 Å². The summed E-state index contributed by atoms with van der Waals surface area (Å²) >= 11 is 18.5. The van der Waals surface area contributed by atoms with Crippen molar-refractivity contribution in [2.24, 2.45) is 0 Å². The van der Waals surface area contributed by atoms with Crippen LogP contribution in [0.5, 0.6) is 0 Å². The highest BCUT2D eigenvalue weighted by atomic mass is 35.5. The third-order valence-electron chi connectivity index (χ3n) is 5.59. The second-order valence-corrected chi connectivity index (χ2v) is 9.09. The molecule has 1 saturated heterocycles. The van der Waals surface area contributed by atoms with Crippen molar-refractivity contribution < 1.29 is 0 Å². The number of hydrogen-bond acceptors (Lipinski definition) is 5. The highest BCUT2D eigenvalue weighted by Crippen LogP contribution is 2.29. The number of hydrogen-bond donors (Lipinski definition) is 0. The molecule has 0 amide bonds. The Kier molecular flexibility index (Phi) is 6.36. The van der Waals surface area contributed by atoms with Crippen molar-refractivity contribution >= 4 is 46.3 Å². The van der Waals surface area contributed by atoms with Crippen LogP contribution >= 0.6 is 34.8 Å². The van der Waals surface area contributed by atoms with Crippen molar-refractivity contribution in [1.29, 1.82) is 0 Å². The van der Waals surface area contributed by atoms with Gasteiger partial charge in [-0.1, -0.05) is 46.9 Å². The van der Waals surface area contributed by atoms with E-state index in [1.807, 2.05) is 54.6 Å². The maximum Gasteiger partial charge on any atom is 0.163 e. The number of aromatic nitrogens is 3. The Hall–Kier alpha value is -2.86. The maximum absolute atomic E-state index is 6.20. The minimum atomic E-state index is 0.643. The van der Waals surface area contributed by atoms with Gasteiger partial charge in [0, 0.05) is 76.5 Å². The quantitative estimate of drug-likeness (QED) is 0.323. The number of pyridine rings is 1. The molecule has 4 aromatic rings. The van der Waals surface area contributed by atoms with Crippen molar-refractivity contribution in [3.63, 3.8) is 0 Å². The summed E-state index contributed by atoms with van der Waals surface area (Å²) in [6.07, 6.45) is 3.53. The lowest BCUT2D eigenvalue weighted by Crippen LogP contribution is -2.46. The van der Waals surface area contributed by atoms with Crippen LogP contribution in [0.4, 0.5) is 11.5 Å². The highest BCUT2D eigenvalue weighted by molar-refractivity contribution is 6.35. The van der Waals surface area contributed by atoms with Gasteiger partial charge in [0.1, 0.15) is 5.82 Å². The van der Waals surface area contributed by atoms with Gasteiger partial charge in [-0.05, 0) is 42.5 Å². The fourth-order valence-electron chi connectivity index (χ4n) is 3.90. The van der Waals surface area contributed by atoms with Gasteiger partial charge in [0.25, 0.3) is 0 Å². The number of rotatable bonds is 4. The number of piperazine rings is 1. The van der Waals surface area contributed by atoms with Crippen molar-refractivity contribution in [2.75, 3.05) is 36.0 Å². The van der Waals surface area contributed by atoms with Gasteiger partial charge in [-0.25, -0.2) is 9.97 Å². The van der Waals surface area contributed by atoms with Gasteiger partial charge in [-0.15, -0.1) is 0 Å². The highest BCUT2D eigenvalue weighted by Gasteiger charge is 2.21. The van der Waals surface area contributed by atoms with E-state index in [1.165, 1.54) is 0 Å². The number of nitrogens with zero attached hydrogens (tertiary/aromatic N) is 5. The minimum Gasteiger partial charge on any atom is -0.368 e. The summed E-state index contributed by atoms with van der Waals surface area (Å²) in [5.41, 5.74) is 3.74. The van der Waals surface area contributed by atoms with Gasteiger partial charge in [-0.2, -0.15) is 0 Å². The smallest absolute Gasteiger partial charge is 0.163 e. The third kappa shape index (κ3) is 5.06. The zero-order valence-electron chi connectivity index (χ0n) is 17.6. The molecule has 1 aliphatic rings. The van der Waals surface area contributed by atoms with Gasteiger partial charge in [0.05, 0.1) is 5.69 Å². The molecule has 3 heterocycles. The van der Waals surface area contributed by atoms with Gasteiger partial charge in [0.15, 0.2) is 5.82 Å². The first kappa shape index (κ1) is 22.0. The largest absolute Gasteiger partial charge is 0.368 e. The Labute approximate surface area is 207 Å². The molecule has 0 spiro atoms. The van der Waals surface area contributed by atoms with Crippen LogP contribution in [0.15, 0.2) is 73.1 Å². The Balaban J connectivity index is 1.45. The molecule has 0 bridgehead atoms. The van der Waals surface area contributed by atoms with E-state index in [9.17, 15) is 0 Å². The lowest BCUT2D eigenvalue weighted by Gasteiger charge is -2.37. The second-order valence-electron chi connectivity index (χ2n) is 7.79. The van der Waals surface area contributed by atoms with Crippen LogP contribution in [0.2, 0.25) is 15.1 Å². The zero-order valence-corrected chi connectivity index (χ0v) is 19.9. The third-order valence-corrected chi connectivity index (χ3v) is 6.28. The van der Waals surface area contributed by atoms with Crippen LogP contribution in [-0.2, 0) is 0 Å². The predicted molar refractivity (Wildman–Crippen MR) is 137 cm³/mol. The van der Waals surface area contributed by atoms with Crippen LogP contribution in [0, 0.1) is 0 Å². The van der Waals surface area contributed by atoms with Crippen LogP contribution in [0.25, 0.3) is 22.6 Å². The molecular weight excluding hydrogens is 477 g/mol. The van der Waals surface area contributed by atoms with E-state index in [2.05, 4.69) is 14.8 Å². The van der Waals surface area contributed by atoms with E-state index >= 15 is 0 Å². The molecule has 0 saturated carbocycles. The van der Waals surface area contributed by atoms with Crippen LogP contribution in [0.1, 0.15) is 0 Å². The molecule has 2 aromatic carbocycles. The number of anilines is 2. The standard InChI is InChI=1S/C25H20Cl3N5/c26-19-5-3-17(4-6-19)23-15-24(31-25(30-23)18-2-1-7-29-16-18)33-10-8-32(9-11-33)22-13-20(27)12-21(28)14-22/h1-7,12-16H,8-11H2. The molecular formula is C25H20Cl3N5. The average molecular weight is 497 g/mol. The first-order valence-electron chi connectivity index (χ1n) is 10.6. The summed E-state index contributed by atoms with van der Waals surface area (Å²) in [6, 6.07) is 19.2. The molecule has 33 heavy (non-hydrogen) atoms. The molecule has 0 N–H and O–H groups in total. The molecule has 5 nitrogen and oxygen atoms in total. The molecule has 5 rings (SSSR count). The summed E-state index contributed by atoms with van der Waals surface area (Å²) < 4.78 is 0. The molecule has 1 aliphatic heterocycles. The fraction of sp³-hybridized carbons (Fsp3) is 0.160. The maximum atomic E-state index is 6.20. The minimum absolute atomic E-state index is 0.643. The molecule has 0 unspecified atom stereocenters. The molecule has 0 aliphatic carbocycles. The SMILES string of the molecule is Clc1ccc(-c2cc(N3CCN(c4cc(Cl)cc(Cl)c4)CC3)nc(-c3cccnc3)n2)cc1.